The quantitative estimate of drug-likeness (QED) is 0.626. The first-order chi connectivity index (χ1) is 13.4. The summed E-state index contributed by atoms with van der Waals surface area (Å²) < 4.78 is 32.2. The third kappa shape index (κ3) is 6.09. The number of sulfonamides is 1. The molecule has 0 saturated carbocycles. The Morgan fingerprint density at radius 3 is 2.32 bits per heavy atom. The number of amides is 1. The Kier molecular flexibility index (Phi) is 7.57. The smallest absolute Gasteiger partial charge is 0.338 e. The van der Waals surface area contributed by atoms with Crippen LogP contribution in [0.5, 0.6) is 0 Å². The molecule has 0 saturated heterocycles. The van der Waals surface area contributed by atoms with E-state index in [0.717, 1.165) is 12.8 Å². The van der Waals surface area contributed by atoms with Crippen molar-refractivity contribution >= 4 is 27.6 Å². The van der Waals surface area contributed by atoms with E-state index < -0.39 is 22.6 Å². The predicted octanol–water partition coefficient (Wildman–Crippen LogP) is 2.95. The number of rotatable bonds is 9. The summed E-state index contributed by atoms with van der Waals surface area (Å²) in [6, 6.07) is 13.8. The first-order valence-corrected chi connectivity index (χ1v) is 10.5. The topological polar surface area (TPSA) is 102 Å². The van der Waals surface area contributed by atoms with Crippen molar-refractivity contribution in [2.45, 2.75) is 37.6 Å². The minimum atomic E-state index is -3.77. The zero-order chi connectivity index (χ0) is 20.6. The van der Waals surface area contributed by atoms with Crippen molar-refractivity contribution in [1.82, 2.24) is 5.32 Å². The fourth-order valence-corrected chi connectivity index (χ4v) is 3.57. The second kappa shape index (κ2) is 9.89. The van der Waals surface area contributed by atoms with E-state index in [-0.39, 0.29) is 28.1 Å². The monoisotopic (exact) mass is 404 g/mol. The van der Waals surface area contributed by atoms with Crippen LogP contribution in [0, 0.1) is 0 Å². The minimum Gasteiger partial charge on any atom is -0.452 e. The van der Waals surface area contributed by atoms with Gasteiger partial charge in [0.15, 0.2) is 6.61 Å². The minimum absolute atomic E-state index is 0.0434. The summed E-state index contributed by atoms with van der Waals surface area (Å²) in [5.74, 6) is -1.08. The van der Waals surface area contributed by atoms with Gasteiger partial charge < -0.3 is 10.1 Å². The lowest BCUT2D eigenvalue weighted by Gasteiger charge is -2.14. The Balaban J connectivity index is 2.00. The van der Waals surface area contributed by atoms with Crippen molar-refractivity contribution in [2.24, 2.45) is 0 Å². The summed E-state index contributed by atoms with van der Waals surface area (Å²) in [7, 11) is -3.77. The average molecular weight is 404 g/mol. The van der Waals surface area contributed by atoms with Gasteiger partial charge in [-0.25, -0.2) is 13.2 Å². The SMILES string of the molecule is CCC(CC)NC(=O)COC(=O)c1cccc(NS(=O)(=O)c2ccccc2)c1. The summed E-state index contributed by atoms with van der Waals surface area (Å²) in [6.45, 7) is 3.53. The zero-order valence-electron chi connectivity index (χ0n) is 15.8. The van der Waals surface area contributed by atoms with Gasteiger partial charge >= 0.3 is 5.97 Å². The third-order valence-electron chi connectivity index (χ3n) is 4.09. The fourth-order valence-electron chi connectivity index (χ4n) is 2.50. The molecular weight excluding hydrogens is 380 g/mol. The highest BCUT2D eigenvalue weighted by Gasteiger charge is 2.16. The van der Waals surface area contributed by atoms with Crippen LogP contribution in [0.15, 0.2) is 59.5 Å². The van der Waals surface area contributed by atoms with Crippen LogP contribution < -0.4 is 10.0 Å². The lowest BCUT2D eigenvalue weighted by atomic mass is 10.2. The van der Waals surface area contributed by atoms with Crippen molar-refractivity contribution in [2.75, 3.05) is 11.3 Å². The molecule has 0 aliphatic heterocycles. The Bertz CT molecular complexity index is 909. The normalized spacial score (nSPS) is 11.1. The van der Waals surface area contributed by atoms with Crippen LogP contribution in [0.25, 0.3) is 0 Å². The second-order valence-electron chi connectivity index (χ2n) is 6.16. The Labute approximate surface area is 165 Å². The molecule has 0 spiro atoms. The number of carbonyl (C=O) groups is 2. The molecule has 0 bridgehead atoms. The molecule has 2 rings (SSSR count). The maximum Gasteiger partial charge on any atom is 0.338 e. The summed E-state index contributed by atoms with van der Waals surface area (Å²) in [6.07, 6.45) is 1.58. The van der Waals surface area contributed by atoms with Crippen molar-refractivity contribution in [3.63, 3.8) is 0 Å². The van der Waals surface area contributed by atoms with Crippen molar-refractivity contribution < 1.29 is 22.7 Å². The van der Waals surface area contributed by atoms with Crippen LogP contribution in [0.4, 0.5) is 5.69 Å². The van der Waals surface area contributed by atoms with Crippen LogP contribution in [0.3, 0.4) is 0 Å². The van der Waals surface area contributed by atoms with E-state index in [4.69, 9.17) is 4.74 Å². The first-order valence-electron chi connectivity index (χ1n) is 9.00. The predicted molar refractivity (Wildman–Crippen MR) is 106 cm³/mol. The van der Waals surface area contributed by atoms with Gasteiger partial charge in [0.25, 0.3) is 15.9 Å². The number of hydrogen-bond donors (Lipinski definition) is 2. The van der Waals surface area contributed by atoms with E-state index in [1.54, 1.807) is 18.2 Å². The van der Waals surface area contributed by atoms with Crippen molar-refractivity contribution in [3.05, 3.63) is 60.2 Å². The van der Waals surface area contributed by atoms with E-state index in [0.29, 0.717) is 0 Å². The lowest BCUT2D eigenvalue weighted by Crippen LogP contribution is -2.36. The Morgan fingerprint density at radius 2 is 1.68 bits per heavy atom. The van der Waals surface area contributed by atoms with Gasteiger partial charge in [0.2, 0.25) is 0 Å². The molecule has 0 aliphatic carbocycles. The number of hydrogen-bond acceptors (Lipinski definition) is 5. The highest BCUT2D eigenvalue weighted by atomic mass is 32.2. The molecule has 0 aromatic heterocycles. The number of nitrogens with one attached hydrogen (secondary N) is 2. The molecule has 150 valence electrons. The molecule has 0 unspecified atom stereocenters. The van der Waals surface area contributed by atoms with Gasteiger partial charge in [-0.2, -0.15) is 0 Å². The van der Waals surface area contributed by atoms with Gasteiger partial charge in [0.05, 0.1) is 10.5 Å². The zero-order valence-corrected chi connectivity index (χ0v) is 16.7. The molecule has 0 atom stereocenters. The second-order valence-corrected chi connectivity index (χ2v) is 7.84. The average Bonchev–Trinajstić information content (AvgIpc) is 2.70. The molecule has 0 fully saturated rings. The van der Waals surface area contributed by atoms with Crippen LogP contribution in [0.1, 0.15) is 37.0 Å². The van der Waals surface area contributed by atoms with E-state index in [2.05, 4.69) is 10.0 Å². The molecule has 0 radical (unpaired) electrons. The van der Waals surface area contributed by atoms with Crippen LogP contribution in [-0.2, 0) is 19.6 Å². The van der Waals surface area contributed by atoms with Crippen LogP contribution in [0.2, 0.25) is 0 Å². The van der Waals surface area contributed by atoms with Gasteiger partial charge in [-0.15, -0.1) is 0 Å². The van der Waals surface area contributed by atoms with E-state index in [1.807, 2.05) is 13.8 Å². The van der Waals surface area contributed by atoms with E-state index >= 15 is 0 Å². The molecule has 8 heteroatoms. The van der Waals surface area contributed by atoms with E-state index in [1.165, 1.54) is 36.4 Å². The number of ether oxygens (including phenoxy) is 1. The van der Waals surface area contributed by atoms with Crippen LogP contribution in [-0.4, -0.2) is 32.9 Å². The standard InChI is InChI=1S/C20H24N2O5S/c1-3-16(4-2)21-19(23)14-27-20(24)15-9-8-10-17(13-15)22-28(25,26)18-11-6-5-7-12-18/h5-13,16,22H,3-4,14H2,1-2H3,(H,21,23). The molecule has 1 amide bonds. The molecular formula is C20H24N2O5S. The summed E-state index contributed by atoms with van der Waals surface area (Å²) in [5.41, 5.74) is 0.364. The summed E-state index contributed by atoms with van der Waals surface area (Å²) in [4.78, 5) is 24.1. The fraction of sp³-hybridized carbons (Fsp3) is 0.300. The van der Waals surface area contributed by atoms with Gasteiger partial charge in [0.1, 0.15) is 0 Å². The lowest BCUT2D eigenvalue weighted by molar-refractivity contribution is -0.125. The molecule has 2 aromatic carbocycles. The number of carbonyl (C=O) groups excluding carboxylic acids is 2. The summed E-state index contributed by atoms with van der Waals surface area (Å²) in [5, 5.41) is 2.78. The first kappa shape index (κ1) is 21.4. The van der Waals surface area contributed by atoms with Crippen LogP contribution >= 0.6 is 0 Å². The maximum absolute atomic E-state index is 12.4. The van der Waals surface area contributed by atoms with Crippen molar-refractivity contribution in [1.29, 1.82) is 0 Å². The maximum atomic E-state index is 12.4. The highest BCUT2D eigenvalue weighted by molar-refractivity contribution is 7.92. The van der Waals surface area contributed by atoms with Gasteiger partial charge in [0, 0.05) is 11.7 Å². The van der Waals surface area contributed by atoms with Gasteiger partial charge in [-0.3, -0.25) is 9.52 Å². The largest absolute Gasteiger partial charge is 0.452 e. The molecule has 2 N–H and O–H groups in total. The third-order valence-corrected chi connectivity index (χ3v) is 5.49. The molecule has 0 heterocycles. The molecule has 2 aromatic rings. The number of anilines is 1. The Hall–Kier alpha value is -2.87. The van der Waals surface area contributed by atoms with Crippen molar-refractivity contribution in [3.8, 4) is 0 Å². The highest BCUT2D eigenvalue weighted by Crippen LogP contribution is 2.17. The molecule has 0 aliphatic rings. The van der Waals surface area contributed by atoms with Gasteiger partial charge in [-0.05, 0) is 43.2 Å². The Morgan fingerprint density at radius 1 is 1.00 bits per heavy atom. The van der Waals surface area contributed by atoms with E-state index in [9.17, 15) is 18.0 Å². The number of esters is 1. The molecule has 7 nitrogen and oxygen atoms in total. The van der Waals surface area contributed by atoms with Gasteiger partial charge in [-0.1, -0.05) is 38.1 Å². The molecule has 28 heavy (non-hydrogen) atoms. The summed E-state index contributed by atoms with van der Waals surface area (Å²) >= 11 is 0. The number of benzene rings is 2.